The topological polar surface area (TPSA) is 31.5 Å². The van der Waals surface area contributed by atoms with Crippen molar-refractivity contribution in [2.75, 3.05) is 39.4 Å². The molecule has 1 unspecified atom stereocenters. The van der Waals surface area contributed by atoms with Crippen LogP contribution in [0.4, 0.5) is 4.39 Å². The van der Waals surface area contributed by atoms with Crippen molar-refractivity contribution in [1.82, 2.24) is 14.8 Å². The van der Waals surface area contributed by atoms with E-state index < -0.39 is 0 Å². The van der Waals surface area contributed by atoms with E-state index in [4.69, 9.17) is 4.74 Å². The zero-order chi connectivity index (χ0) is 17.9. The highest BCUT2D eigenvalue weighted by atomic mass is 19.1. The number of nitrogens with zero attached hydrogens (tertiary/aromatic N) is 2. The van der Waals surface area contributed by atoms with Crippen molar-refractivity contribution in [3.63, 3.8) is 0 Å². The van der Waals surface area contributed by atoms with Crippen LogP contribution >= 0.6 is 0 Å². The molecule has 26 heavy (non-hydrogen) atoms. The fourth-order valence-electron chi connectivity index (χ4n) is 4.47. The van der Waals surface area contributed by atoms with Crippen LogP contribution in [0.2, 0.25) is 0 Å². The third-order valence-electron chi connectivity index (χ3n) is 6.12. The van der Waals surface area contributed by atoms with Crippen molar-refractivity contribution in [2.45, 2.75) is 45.2 Å². The van der Waals surface area contributed by atoms with Crippen molar-refractivity contribution >= 4 is 10.9 Å². The summed E-state index contributed by atoms with van der Waals surface area (Å²) in [5, 5.41) is 1.02. The molecule has 2 aliphatic rings. The van der Waals surface area contributed by atoms with Crippen LogP contribution in [0.25, 0.3) is 10.9 Å². The predicted molar refractivity (Wildman–Crippen MR) is 103 cm³/mol. The lowest BCUT2D eigenvalue weighted by atomic mass is 9.98. The number of benzene rings is 1. The number of aryl methyl sites for hydroxylation is 1. The molecule has 5 heteroatoms. The largest absolute Gasteiger partial charge is 0.379 e. The van der Waals surface area contributed by atoms with Gasteiger partial charge in [-0.15, -0.1) is 0 Å². The molecule has 1 N–H and O–H groups in total. The lowest BCUT2D eigenvalue weighted by Crippen LogP contribution is -2.43. The number of aromatic amines is 1. The van der Waals surface area contributed by atoms with Gasteiger partial charge in [0.1, 0.15) is 5.82 Å². The van der Waals surface area contributed by atoms with Crippen LogP contribution in [0.1, 0.15) is 36.9 Å². The van der Waals surface area contributed by atoms with E-state index in [1.807, 2.05) is 6.07 Å². The molecule has 3 heterocycles. The molecule has 1 aromatic heterocycles. The smallest absolute Gasteiger partial charge is 0.123 e. The van der Waals surface area contributed by atoms with Gasteiger partial charge in [0.05, 0.1) is 13.2 Å². The number of nitrogens with one attached hydrogen (secondary N) is 1. The molecule has 0 saturated carbocycles. The molecule has 2 aliphatic heterocycles. The quantitative estimate of drug-likeness (QED) is 0.883. The van der Waals surface area contributed by atoms with E-state index in [-0.39, 0.29) is 5.82 Å². The van der Waals surface area contributed by atoms with E-state index in [1.165, 1.54) is 49.6 Å². The first-order valence-electron chi connectivity index (χ1n) is 10.0. The van der Waals surface area contributed by atoms with Crippen LogP contribution in [0.3, 0.4) is 0 Å². The molecule has 142 valence electrons. The maximum atomic E-state index is 13.6. The first-order chi connectivity index (χ1) is 12.7. The van der Waals surface area contributed by atoms with E-state index in [9.17, 15) is 4.39 Å². The van der Waals surface area contributed by atoms with Gasteiger partial charge in [0.15, 0.2) is 0 Å². The van der Waals surface area contributed by atoms with Gasteiger partial charge in [0.25, 0.3) is 0 Å². The predicted octanol–water partition coefficient (Wildman–Crippen LogP) is 3.69. The second-order valence-electron chi connectivity index (χ2n) is 7.78. The Kier molecular flexibility index (Phi) is 5.57. The monoisotopic (exact) mass is 359 g/mol. The Morgan fingerprint density at radius 2 is 2.04 bits per heavy atom. The van der Waals surface area contributed by atoms with Crippen molar-refractivity contribution in [1.29, 1.82) is 0 Å². The Bertz CT molecular complexity index is 738. The van der Waals surface area contributed by atoms with Gasteiger partial charge in [-0.05, 0) is 63.0 Å². The summed E-state index contributed by atoms with van der Waals surface area (Å²) in [7, 11) is 0. The fourth-order valence-corrected chi connectivity index (χ4v) is 4.47. The van der Waals surface area contributed by atoms with Gasteiger partial charge in [0, 0.05) is 42.3 Å². The summed E-state index contributed by atoms with van der Waals surface area (Å²) in [6.45, 7) is 9.27. The number of ether oxygens (including phenoxy) is 1. The van der Waals surface area contributed by atoms with Gasteiger partial charge in [-0.3, -0.25) is 9.80 Å². The molecular formula is C21H30FN3O. The number of aromatic nitrogens is 1. The number of piperidine rings is 1. The summed E-state index contributed by atoms with van der Waals surface area (Å²) in [5.41, 5.74) is 3.47. The average Bonchev–Trinajstić information content (AvgIpc) is 2.97. The highest BCUT2D eigenvalue weighted by molar-refractivity contribution is 5.84. The molecule has 0 amide bonds. The van der Waals surface area contributed by atoms with Crippen LogP contribution in [-0.4, -0.2) is 60.2 Å². The van der Waals surface area contributed by atoms with Crippen LogP contribution in [0.15, 0.2) is 18.2 Å². The summed E-state index contributed by atoms with van der Waals surface area (Å²) in [5.74, 6) is -0.160. The van der Waals surface area contributed by atoms with Crippen LogP contribution in [0, 0.1) is 12.7 Å². The third kappa shape index (κ3) is 3.95. The molecule has 2 fully saturated rings. The van der Waals surface area contributed by atoms with Crippen molar-refractivity contribution in [3.8, 4) is 0 Å². The Hall–Kier alpha value is -1.43. The number of morpholine rings is 1. The molecule has 1 aromatic carbocycles. The number of H-pyrrole nitrogens is 1. The minimum Gasteiger partial charge on any atom is -0.379 e. The van der Waals surface area contributed by atoms with E-state index >= 15 is 0 Å². The molecular weight excluding hydrogens is 329 g/mol. The zero-order valence-electron chi connectivity index (χ0n) is 15.8. The first-order valence-corrected chi connectivity index (χ1v) is 10.0. The molecule has 4 rings (SSSR count). The minimum atomic E-state index is -0.160. The fraction of sp³-hybridized carbons (Fsp3) is 0.619. The highest BCUT2D eigenvalue weighted by Crippen LogP contribution is 2.27. The number of likely N-dealkylation sites (tertiary alicyclic amines) is 1. The van der Waals surface area contributed by atoms with Gasteiger partial charge in [-0.2, -0.15) is 0 Å². The van der Waals surface area contributed by atoms with Gasteiger partial charge >= 0.3 is 0 Å². The summed E-state index contributed by atoms with van der Waals surface area (Å²) >= 11 is 0. The van der Waals surface area contributed by atoms with E-state index in [0.29, 0.717) is 6.04 Å². The molecule has 2 saturated heterocycles. The molecule has 0 aliphatic carbocycles. The zero-order valence-corrected chi connectivity index (χ0v) is 15.8. The van der Waals surface area contributed by atoms with Crippen molar-refractivity contribution in [3.05, 3.63) is 35.3 Å². The maximum Gasteiger partial charge on any atom is 0.123 e. The Morgan fingerprint density at radius 3 is 2.88 bits per heavy atom. The normalized spacial score (nSPS) is 22.9. The number of fused-ring (bicyclic) bond motifs is 1. The number of hydrogen-bond donors (Lipinski definition) is 1. The van der Waals surface area contributed by atoms with E-state index in [1.54, 1.807) is 6.07 Å². The minimum absolute atomic E-state index is 0.160. The molecule has 1 atom stereocenters. The third-order valence-corrected chi connectivity index (χ3v) is 6.12. The lowest BCUT2D eigenvalue weighted by molar-refractivity contribution is 0.0301. The first kappa shape index (κ1) is 18.0. The van der Waals surface area contributed by atoms with Gasteiger partial charge in [-0.1, -0.05) is 6.42 Å². The van der Waals surface area contributed by atoms with E-state index in [2.05, 4.69) is 21.7 Å². The number of hydrogen-bond acceptors (Lipinski definition) is 3. The lowest BCUT2D eigenvalue weighted by Gasteiger charge is -2.37. The standard InChI is InChI=1S/C21H30FN3O/c1-16-19-14-17(22)5-6-20(19)23-21(16)15-25-8-3-2-4-18(25)7-9-24-10-12-26-13-11-24/h5-6,14,18,23H,2-4,7-13,15H2,1H3. The van der Waals surface area contributed by atoms with Crippen LogP contribution in [0.5, 0.6) is 0 Å². The summed E-state index contributed by atoms with van der Waals surface area (Å²) in [6, 6.07) is 5.69. The second kappa shape index (κ2) is 8.07. The van der Waals surface area contributed by atoms with Crippen LogP contribution < -0.4 is 0 Å². The molecule has 0 radical (unpaired) electrons. The molecule has 0 bridgehead atoms. The molecule has 4 nitrogen and oxygen atoms in total. The van der Waals surface area contributed by atoms with Crippen molar-refractivity contribution < 1.29 is 9.13 Å². The number of rotatable bonds is 5. The SMILES string of the molecule is Cc1c(CN2CCCCC2CCN2CCOCC2)[nH]c2ccc(F)cc12. The van der Waals surface area contributed by atoms with Gasteiger partial charge in [0.2, 0.25) is 0 Å². The van der Waals surface area contributed by atoms with Gasteiger partial charge in [-0.25, -0.2) is 4.39 Å². The second-order valence-corrected chi connectivity index (χ2v) is 7.78. The van der Waals surface area contributed by atoms with Crippen molar-refractivity contribution in [2.24, 2.45) is 0 Å². The number of halogens is 1. The van der Waals surface area contributed by atoms with Gasteiger partial charge < -0.3 is 9.72 Å². The summed E-state index contributed by atoms with van der Waals surface area (Å²) in [4.78, 5) is 8.70. The molecule has 0 spiro atoms. The van der Waals surface area contributed by atoms with Crippen LogP contribution in [-0.2, 0) is 11.3 Å². The summed E-state index contributed by atoms with van der Waals surface area (Å²) in [6.07, 6.45) is 5.13. The maximum absolute atomic E-state index is 13.6. The Labute approximate surface area is 155 Å². The molecule has 2 aromatic rings. The Morgan fingerprint density at radius 1 is 1.19 bits per heavy atom. The highest BCUT2D eigenvalue weighted by Gasteiger charge is 2.24. The summed E-state index contributed by atoms with van der Waals surface area (Å²) < 4.78 is 19.0. The Balaban J connectivity index is 1.44. The van der Waals surface area contributed by atoms with E-state index in [0.717, 1.165) is 50.3 Å². The average molecular weight is 359 g/mol.